The third-order valence-corrected chi connectivity index (χ3v) is 4.15. The maximum atomic E-state index is 13.3. The lowest BCUT2D eigenvalue weighted by molar-refractivity contribution is -0.115. The number of thiazole rings is 1. The molecule has 3 rings (SSSR count). The molecule has 0 bridgehead atoms. The van der Waals surface area contributed by atoms with Gasteiger partial charge in [0.15, 0.2) is 5.13 Å². The number of anilines is 1. The zero-order chi connectivity index (χ0) is 16.2. The number of carbonyl (C=O) groups is 1. The second kappa shape index (κ2) is 6.66. The first-order chi connectivity index (χ1) is 11.1. The molecular formula is C17H16FN3OS. The molecule has 2 aromatic heterocycles. The second-order valence-corrected chi connectivity index (χ2v) is 5.93. The Morgan fingerprint density at radius 2 is 2.09 bits per heavy atom. The fourth-order valence-corrected chi connectivity index (χ4v) is 2.89. The predicted molar refractivity (Wildman–Crippen MR) is 90.9 cm³/mol. The summed E-state index contributed by atoms with van der Waals surface area (Å²) in [6.07, 6.45) is 3.51. The highest BCUT2D eigenvalue weighted by Crippen LogP contribution is 2.24. The number of benzene rings is 1. The number of hydrogen-bond acceptors (Lipinski definition) is 4. The van der Waals surface area contributed by atoms with Crippen molar-refractivity contribution in [2.24, 2.45) is 0 Å². The molecule has 0 fully saturated rings. The van der Waals surface area contributed by atoms with Crippen LogP contribution in [0.4, 0.5) is 9.52 Å². The third kappa shape index (κ3) is 3.78. The van der Waals surface area contributed by atoms with Crippen molar-refractivity contribution in [1.82, 2.24) is 9.97 Å². The Kier molecular flexibility index (Phi) is 4.43. The molecule has 0 unspecified atom stereocenters. The van der Waals surface area contributed by atoms with Crippen LogP contribution >= 0.6 is 11.3 Å². The summed E-state index contributed by atoms with van der Waals surface area (Å²) in [5.41, 5.74) is 3.29. The van der Waals surface area contributed by atoms with E-state index in [1.807, 2.05) is 24.4 Å². The van der Waals surface area contributed by atoms with E-state index in [2.05, 4.69) is 15.3 Å². The zero-order valence-corrected chi connectivity index (χ0v) is 13.2. The number of nitrogens with zero attached hydrogens (tertiary/aromatic N) is 2. The lowest BCUT2D eigenvalue weighted by atomic mass is 10.1. The number of rotatable bonds is 4. The highest BCUT2D eigenvalue weighted by atomic mass is 32.1. The molecule has 3 aromatic rings. The van der Waals surface area contributed by atoms with E-state index >= 15 is 0 Å². The second-order valence-electron chi connectivity index (χ2n) is 5.07. The number of halogens is 1. The van der Waals surface area contributed by atoms with Gasteiger partial charge in [-0.1, -0.05) is 6.07 Å². The molecule has 2 heterocycles. The van der Waals surface area contributed by atoms with Crippen molar-refractivity contribution in [2.45, 2.75) is 13.3 Å². The molecule has 0 radical (unpaired) electrons. The average Bonchev–Trinajstić information content (AvgIpc) is 3.00. The minimum atomic E-state index is -0.340. The summed E-state index contributed by atoms with van der Waals surface area (Å²) in [4.78, 5) is 20.5. The van der Waals surface area contributed by atoms with Crippen LogP contribution in [0.1, 0.15) is 12.6 Å². The molecule has 0 aliphatic rings. The summed E-state index contributed by atoms with van der Waals surface area (Å²) in [6.45, 7) is 1.85. The Labute approximate surface area is 138 Å². The minimum absolute atomic E-state index is 0. The SMILES string of the molecule is Cc1ccc(F)cc1CC(=O)Nc1nc(-c2ccncc2)cs1.[HH]. The molecule has 1 amide bonds. The van der Waals surface area contributed by atoms with Gasteiger partial charge in [0.25, 0.3) is 0 Å². The molecule has 23 heavy (non-hydrogen) atoms. The molecule has 1 N–H and O–H groups in total. The number of pyridine rings is 1. The summed E-state index contributed by atoms with van der Waals surface area (Å²) in [5, 5.41) is 5.15. The van der Waals surface area contributed by atoms with Gasteiger partial charge in [-0.25, -0.2) is 9.37 Å². The van der Waals surface area contributed by atoms with Gasteiger partial charge in [-0.15, -0.1) is 11.3 Å². The fourth-order valence-electron chi connectivity index (χ4n) is 2.15. The topological polar surface area (TPSA) is 54.9 Å². The van der Waals surface area contributed by atoms with E-state index in [4.69, 9.17) is 0 Å². The summed E-state index contributed by atoms with van der Waals surface area (Å²) < 4.78 is 13.3. The zero-order valence-electron chi connectivity index (χ0n) is 12.4. The number of aryl methyl sites for hydroxylation is 1. The fraction of sp³-hybridized carbons (Fsp3) is 0.118. The van der Waals surface area contributed by atoms with Crippen molar-refractivity contribution in [1.29, 1.82) is 0 Å². The van der Waals surface area contributed by atoms with Crippen molar-refractivity contribution >= 4 is 22.4 Å². The Morgan fingerprint density at radius 1 is 1.30 bits per heavy atom. The van der Waals surface area contributed by atoms with Crippen LogP contribution in [-0.2, 0) is 11.2 Å². The molecule has 0 saturated heterocycles. The van der Waals surface area contributed by atoms with E-state index in [1.165, 1.54) is 23.5 Å². The molecule has 0 aliphatic carbocycles. The monoisotopic (exact) mass is 329 g/mol. The smallest absolute Gasteiger partial charge is 0.230 e. The molecule has 0 aliphatic heterocycles. The van der Waals surface area contributed by atoms with Gasteiger partial charge in [0.05, 0.1) is 12.1 Å². The summed E-state index contributed by atoms with van der Waals surface area (Å²) in [6, 6.07) is 8.16. The Bertz CT molecular complexity index is 839. The van der Waals surface area contributed by atoms with E-state index in [9.17, 15) is 9.18 Å². The maximum Gasteiger partial charge on any atom is 0.230 e. The molecule has 0 saturated carbocycles. The highest BCUT2D eigenvalue weighted by molar-refractivity contribution is 7.14. The first kappa shape index (κ1) is 15.3. The van der Waals surface area contributed by atoms with Crippen LogP contribution in [0, 0.1) is 12.7 Å². The van der Waals surface area contributed by atoms with Crippen molar-refractivity contribution < 1.29 is 10.6 Å². The molecule has 0 spiro atoms. The molecule has 4 nitrogen and oxygen atoms in total. The first-order valence-electron chi connectivity index (χ1n) is 7.02. The number of hydrogen-bond donors (Lipinski definition) is 1. The maximum absolute atomic E-state index is 13.3. The van der Waals surface area contributed by atoms with Crippen LogP contribution in [0.5, 0.6) is 0 Å². The van der Waals surface area contributed by atoms with Crippen molar-refractivity contribution in [2.75, 3.05) is 5.32 Å². The molecule has 0 atom stereocenters. The van der Waals surface area contributed by atoms with Crippen LogP contribution in [0.3, 0.4) is 0 Å². The molecule has 6 heteroatoms. The lowest BCUT2D eigenvalue weighted by Gasteiger charge is -2.05. The summed E-state index contributed by atoms with van der Waals surface area (Å²) in [5.74, 6) is -0.554. The van der Waals surface area contributed by atoms with Gasteiger partial charge in [0, 0.05) is 24.8 Å². The van der Waals surface area contributed by atoms with E-state index in [-0.39, 0.29) is 19.6 Å². The minimum Gasteiger partial charge on any atom is -0.302 e. The van der Waals surface area contributed by atoms with Gasteiger partial charge in [-0.3, -0.25) is 9.78 Å². The molecule has 1 aromatic carbocycles. The van der Waals surface area contributed by atoms with Crippen LogP contribution in [0.15, 0.2) is 48.1 Å². The van der Waals surface area contributed by atoms with Crippen LogP contribution < -0.4 is 5.32 Å². The van der Waals surface area contributed by atoms with Crippen LogP contribution in [0.25, 0.3) is 11.3 Å². The van der Waals surface area contributed by atoms with Crippen LogP contribution in [-0.4, -0.2) is 15.9 Å². The summed E-state index contributed by atoms with van der Waals surface area (Å²) >= 11 is 1.35. The van der Waals surface area contributed by atoms with E-state index < -0.39 is 0 Å². The van der Waals surface area contributed by atoms with Gasteiger partial charge >= 0.3 is 0 Å². The van der Waals surface area contributed by atoms with Gasteiger partial charge in [0.1, 0.15) is 5.82 Å². The Morgan fingerprint density at radius 3 is 2.87 bits per heavy atom. The van der Waals surface area contributed by atoms with E-state index in [0.29, 0.717) is 10.7 Å². The van der Waals surface area contributed by atoms with Gasteiger partial charge in [-0.05, 0) is 42.3 Å². The third-order valence-electron chi connectivity index (χ3n) is 3.39. The standard InChI is InChI=1S/C17H14FN3OS.H2/c1-11-2-3-14(18)8-13(11)9-16(22)21-17-20-15(10-23-17)12-4-6-19-7-5-12;/h2-8,10H,9H2,1H3,(H,20,21,22);1H. The normalized spacial score (nSPS) is 10.5. The molecule has 118 valence electrons. The summed E-state index contributed by atoms with van der Waals surface area (Å²) in [7, 11) is 0. The van der Waals surface area contributed by atoms with Crippen LogP contribution in [0.2, 0.25) is 0 Å². The predicted octanol–water partition coefficient (Wildman–Crippen LogP) is 4.08. The number of carbonyl (C=O) groups excluding carboxylic acids is 1. The van der Waals surface area contributed by atoms with E-state index in [0.717, 1.165) is 16.8 Å². The Balaban J connectivity index is 0.00000208. The number of aromatic nitrogens is 2. The van der Waals surface area contributed by atoms with Crippen molar-refractivity contribution in [3.8, 4) is 11.3 Å². The van der Waals surface area contributed by atoms with Crippen molar-refractivity contribution in [3.05, 3.63) is 65.0 Å². The van der Waals surface area contributed by atoms with Gasteiger partial charge < -0.3 is 5.32 Å². The highest BCUT2D eigenvalue weighted by Gasteiger charge is 2.10. The quantitative estimate of drug-likeness (QED) is 0.784. The largest absolute Gasteiger partial charge is 0.302 e. The van der Waals surface area contributed by atoms with E-state index in [1.54, 1.807) is 18.5 Å². The van der Waals surface area contributed by atoms with Gasteiger partial charge in [-0.2, -0.15) is 0 Å². The average molecular weight is 329 g/mol. The Hall–Kier alpha value is -2.60. The number of amides is 1. The molecular weight excluding hydrogens is 313 g/mol. The van der Waals surface area contributed by atoms with Crippen molar-refractivity contribution in [3.63, 3.8) is 0 Å². The number of nitrogens with one attached hydrogen (secondary N) is 1. The lowest BCUT2D eigenvalue weighted by Crippen LogP contribution is -2.15. The van der Waals surface area contributed by atoms with Gasteiger partial charge in [0.2, 0.25) is 5.91 Å². The first-order valence-corrected chi connectivity index (χ1v) is 7.90.